The minimum atomic E-state index is -1.15. The maximum absolute atomic E-state index is 12.3. The third-order valence-corrected chi connectivity index (χ3v) is 4.00. The molecule has 1 aromatic heterocycles. The molecule has 0 unspecified atom stereocenters. The lowest BCUT2D eigenvalue weighted by Gasteiger charge is -2.13. The fraction of sp³-hybridized carbons (Fsp3) is 0.150. The fourth-order valence-corrected chi connectivity index (χ4v) is 2.70. The smallest absolute Gasteiger partial charge is 0.354 e. The second kappa shape index (κ2) is 7.23. The summed E-state index contributed by atoms with van der Waals surface area (Å²) in [4.78, 5) is 27.6. The maximum Gasteiger partial charge on any atom is 0.354 e. The molecule has 2 N–H and O–H groups in total. The van der Waals surface area contributed by atoms with Crippen LogP contribution in [0.1, 0.15) is 21.6 Å². The van der Waals surface area contributed by atoms with Gasteiger partial charge in [0, 0.05) is 17.1 Å². The molecular formula is C20H18N2O4. The molecule has 0 aliphatic rings. The number of nitrogens with one attached hydrogen (secondary N) is 1. The summed E-state index contributed by atoms with van der Waals surface area (Å²) >= 11 is 0. The number of anilines is 1. The Balaban J connectivity index is 1.81. The highest BCUT2D eigenvalue weighted by Crippen LogP contribution is 2.26. The van der Waals surface area contributed by atoms with E-state index in [4.69, 9.17) is 4.74 Å². The number of rotatable bonds is 5. The minimum Gasteiger partial charge on any atom is -0.483 e. The number of carboxylic acid groups (broad SMARTS) is 1. The predicted octanol–water partition coefficient (Wildman–Crippen LogP) is 3.57. The number of amides is 1. The van der Waals surface area contributed by atoms with Crippen molar-refractivity contribution in [3.05, 3.63) is 65.4 Å². The molecule has 0 bridgehead atoms. The summed E-state index contributed by atoms with van der Waals surface area (Å²) in [5.41, 5.74) is 3.04. The number of aromatic nitrogens is 1. The molecule has 0 aliphatic carbocycles. The molecule has 0 aliphatic heterocycles. The quantitative estimate of drug-likeness (QED) is 0.734. The first kappa shape index (κ1) is 17.4. The summed E-state index contributed by atoms with van der Waals surface area (Å²) in [5.74, 6) is -1.16. The molecule has 1 amide bonds. The van der Waals surface area contributed by atoms with Gasteiger partial charge >= 0.3 is 5.97 Å². The van der Waals surface area contributed by atoms with Crippen molar-refractivity contribution in [1.29, 1.82) is 0 Å². The lowest BCUT2D eigenvalue weighted by molar-refractivity contribution is -0.118. The molecule has 0 spiro atoms. The Morgan fingerprint density at radius 3 is 2.46 bits per heavy atom. The van der Waals surface area contributed by atoms with Gasteiger partial charge in [-0.15, -0.1) is 0 Å². The van der Waals surface area contributed by atoms with E-state index in [0.29, 0.717) is 16.7 Å². The summed E-state index contributed by atoms with van der Waals surface area (Å²) in [7, 11) is 0. The number of carboxylic acids is 1. The van der Waals surface area contributed by atoms with Crippen LogP contribution in [0.15, 0.2) is 48.5 Å². The molecule has 132 valence electrons. The average molecular weight is 350 g/mol. The SMILES string of the molecule is Cc1cccc(C)c1NC(=O)COc1cc(C(=O)O)nc2ccccc12. The van der Waals surface area contributed by atoms with Gasteiger partial charge in [-0.05, 0) is 37.1 Å². The Bertz CT molecular complexity index is 978. The molecule has 1 heterocycles. The van der Waals surface area contributed by atoms with Crippen LogP contribution >= 0.6 is 0 Å². The zero-order valence-electron chi connectivity index (χ0n) is 14.4. The Morgan fingerprint density at radius 2 is 1.77 bits per heavy atom. The molecule has 0 fully saturated rings. The second-order valence-corrected chi connectivity index (χ2v) is 5.93. The minimum absolute atomic E-state index is 0.131. The van der Waals surface area contributed by atoms with Gasteiger partial charge in [-0.2, -0.15) is 0 Å². The van der Waals surface area contributed by atoms with Crippen molar-refractivity contribution in [2.45, 2.75) is 13.8 Å². The number of aromatic carboxylic acids is 1. The van der Waals surface area contributed by atoms with Gasteiger partial charge < -0.3 is 15.2 Å². The Morgan fingerprint density at radius 1 is 1.08 bits per heavy atom. The van der Waals surface area contributed by atoms with Crippen molar-refractivity contribution < 1.29 is 19.4 Å². The first-order chi connectivity index (χ1) is 12.5. The van der Waals surface area contributed by atoms with Crippen LogP contribution < -0.4 is 10.1 Å². The number of aryl methyl sites for hydroxylation is 2. The molecule has 0 saturated heterocycles. The normalized spacial score (nSPS) is 10.5. The van der Waals surface area contributed by atoms with Crippen LogP contribution in [0.5, 0.6) is 5.75 Å². The lowest BCUT2D eigenvalue weighted by Crippen LogP contribution is -2.21. The number of nitrogens with zero attached hydrogens (tertiary/aromatic N) is 1. The maximum atomic E-state index is 12.3. The van der Waals surface area contributed by atoms with Gasteiger partial charge in [0.2, 0.25) is 0 Å². The van der Waals surface area contributed by atoms with E-state index in [2.05, 4.69) is 10.3 Å². The molecule has 3 rings (SSSR count). The van der Waals surface area contributed by atoms with E-state index in [1.807, 2.05) is 32.0 Å². The first-order valence-corrected chi connectivity index (χ1v) is 8.07. The van der Waals surface area contributed by atoms with Crippen molar-refractivity contribution in [2.75, 3.05) is 11.9 Å². The number of benzene rings is 2. The summed E-state index contributed by atoms with van der Waals surface area (Å²) in [6, 6.07) is 14.1. The molecule has 2 aromatic carbocycles. The number of pyridine rings is 1. The van der Waals surface area contributed by atoms with Crippen LogP contribution in [-0.4, -0.2) is 28.6 Å². The first-order valence-electron chi connectivity index (χ1n) is 8.07. The number of carbonyl (C=O) groups is 2. The summed E-state index contributed by atoms with van der Waals surface area (Å²) in [5, 5.41) is 12.7. The number of para-hydroxylation sites is 2. The van der Waals surface area contributed by atoms with Crippen molar-refractivity contribution in [3.63, 3.8) is 0 Å². The van der Waals surface area contributed by atoms with Crippen molar-refractivity contribution in [1.82, 2.24) is 4.98 Å². The van der Waals surface area contributed by atoms with E-state index >= 15 is 0 Å². The monoisotopic (exact) mass is 350 g/mol. The molecule has 0 radical (unpaired) electrons. The van der Waals surface area contributed by atoms with Gasteiger partial charge in [0.1, 0.15) is 5.75 Å². The molecular weight excluding hydrogens is 332 g/mol. The summed E-state index contributed by atoms with van der Waals surface area (Å²) in [6.07, 6.45) is 0. The van der Waals surface area contributed by atoms with Crippen LogP contribution in [0, 0.1) is 13.8 Å². The molecule has 0 saturated carbocycles. The zero-order chi connectivity index (χ0) is 18.7. The highest BCUT2D eigenvalue weighted by molar-refractivity contribution is 5.95. The van der Waals surface area contributed by atoms with Crippen LogP contribution in [-0.2, 0) is 4.79 Å². The average Bonchev–Trinajstić information content (AvgIpc) is 2.62. The summed E-state index contributed by atoms with van der Waals surface area (Å²) < 4.78 is 5.61. The van der Waals surface area contributed by atoms with E-state index in [-0.39, 0.29) is 18.2 Å². The van der Waals surface area contributed by atoms with E-state index in [1.165, 1.54) is 6.07 Å². The van der Waals surface area contributed by atoms with Crippen molar-refractivity contribution >= 4 is 28.5 Å². The van der Waals surface area contributed by atoms with Gasteiger partial charge in [0.15, 0.2) is 12.3 Å². The highest BCUT2D eigenvalue weighted by atomic mass is 16.5. The molecule has 3 aromatic rings. The number of fused-ring (bicyclic) bond motifs is 1. The number of ether oxygens (including phenoxy) is 1. The fourth-order valence-electron chi connectivity index (χ4n) is 2.70. The number of hydrogen-bond acceptors (Lipinski definition) is 4. The van der Waals surface area contributed by atoms with Gasteiger partial charge in [-0.1, -0.05) is 30.3 Å². The second-order valence-electron chi connectivity index (χ2n) is 5.93. The van der Waals surface area contributed by atoms with Crippen LogP contribution in [0.3, 0.4) is 0 Å². The Hall–Kier alpha value is -3.41. The third-order valence-electron chi connectivity index (χ3n) is 4.00. The van der Waals surface area contributed by atoms with Gasteiger partial charge in [0.05, 0.1) is 5.52 Å². The molecule has 6 nitrogen and oxygen atoms in total. The van der Waals surface area contributed by atoms with Crippen LogP contribution in [0.4, 0.5) is 5.69 Å². The van der Waals surface area contributed by atoms with Crippen LogP contribution in [0.2, 0.25) is 0 Å². The van der Waals surface area contributed by atoms with E-state index in [9.17, 15) is 14.7 Å². The van der Waals surface area contributed by atoms with Gasteiger partial charge in [-0.3, -0.25) is 4.79 Å². The zero-order valence-corrected chi connectivity index (χ0v) is 14.4. The Kier molecular flexibility index (Phi) is 4.84. The van der Waals surface area contributed by atoms with E-state index < -0.39 is 5.97 Å². The van der Waals surface area contributed by atoms with E-state index in [0.717, 1.165) is 16.8 Å². The Labute approximate surface area is 150 Å². The third kappa shape index (κ3) is 3.64. The predicted molar refractivity (Wildman–Crippen MR) is 98.7 cm³/mol. The van der Waals surface area contributed by atoms with Crippen molar-refractivity contribution in [2.24, 2.45) is 0 Å². The number of carbonyl (C=O) groups excluding carboxylic acids is 1. The van der Waals surface area contributed by atoms with E-state index in [1.54, 1.807) is 24.3 Å². The van der Waals surface area contributed by atoms with Crippen molar-refractivity contribution in [3.8, 4) is 5.75 Å². The van der Waals surface area contributed by atoms with Gasteiger partial charge in [0.25, 0.3) is 5.91 Å². The molecule has 26 heavy (non-hydrogen) atoms. The standard InChI is InChI=1S/C20H18N2O4/c1-12-6-5-7-13(2)19(12)22-18(23)11-26-17-10-16(20(24)25)21-15-9-4-3-8-14(15)17/h3-10H,11H2,1-2H3,(H,22,23)(H,24,25). The topological polar surface area (TPSA) is 88.5 Å². The largest absolute Gasteiger partial charge is 0.483 e. The molecule has 0 atom stereocenters. The highest BCUT2D eigenvalue weighted by Gasteiger charge is 2.13. The van der Waals surface area contributed by atoms with Gasteiger partial charge in [-0.25, -0.2) is 9.78 Å². The molecule has 6 heteroatoms. The summed E-state index contributed by atoms with van der Waals surface area (Å²) in [6.45, 7) is 3.60. The lowest BCUT2D eigenvalue weighted by atomic mass is 10.1. The number of hydrogen-bond donors (Lipinski definition) is 2. The van der Waals surface area contributed by atoms with Crippen LogP contribution in [0.25, 0.3) is 10.9 Å².